The molecule has 4 nitrogen and oxygen atoms in total. The Kier molecular flexibility index (Phi) is 10.8. The van der Waals surface area contributed by atoms with Gasteiger partial charge in [-0.1, -0.05) is 12.5 Å². The molecular weight excluding hydrogens is 272 g/mol. The van der Waals surface area contributed by atoms with Crippen molar-refractivity contribution in [2.45, 2.75) is 51.4 Å². The summed E-state index contributed by atoms with van der Waals surface area (Å²) in [5, 5.41) is 3.49. The van der Waals surface area contributed by atoms with Gasteiger partial charge in [0, 0.05) is 27.2 Å². The van der Waals surface area contributed by atoms with E-state index in [0.29, 0.717) is 0 Å². The first-order chi connectivity index (χ1) is 10.8. The van der Waals surface area contributed by atoms with Crippen molar-refractivity contribution in [3.05, 3.63) is 12.7 Å². The first-order valence-electron chi connectivity index (χ1n) is 9.03. The summed E-state index contributed by atoms with van der Waals surface area (Å²) in [6.07, 6.45) is 12.2. The molecule has 1 N–H and O–H groups in total. The van der Waals surface area contributed by atoms with Gasteiger partial charge < -0.3 is 15.1 Å². The fourth-order valence-corrected chi connectivity index (χ4v) is 2.97. The molecule has 0 atom stereocenters. The van der Waals surface area contributed by atoms with E-state index in [1.54, 1.807) is 0 Å². The minimum Gasteiger partial charge on any atom is -0.356 e. The quantitative estimate of drug-likeness (QED) is 0.275. The fraction of sp³-hybridized carbons (Fsp3) is 0.833. The van der Waals surface area contributed by atoms with Crippen LogP contribution in [0.15, 0.2) is 17.6 Å². The summed E-state index contributed by atoms with van der Waals surface area (Å²) in [6.45, 7) is 9.75. The molecule has 1 aliphatic heterocycles. The van der Waals surface area contributed by atoms with E-state index in [0.717, 1.165) is 25.5 Å². The van der Waals surface area contributed by atoms with E-state index in [1.165, 1.54) is 64.6 Å². The topological polar surface area (TPSA) is 30.9 Å². The number of nitrogens with one attached hydrogen (secondary N) is 1. The molecule has 4 heteroatoms. The fourth-order valence-electron chi connectivity index (χ4n) is 2.97. The van der Waals surface area contributed by atoms with Gasteiger partial charge in [0.05, 0.1) is 0 Å². The highest BCUT2D eigenvalue weighted by atomic mass is 15.3. The molecule has 1 fully saturated rings. The lowest BCUT2D eigenvalue weighted by molar-refractivity contribution is 0.330. The van der Waals surface area contributed by atoms with Gasteiger partial charge >= 0.3 is 0 Å². The maximum Gasteiger partial charge on any atom is 0.193 e. The monoisotopic (exact) mass is 308 g/mol. The number of rotatable bonds is 11. The molecular formula is C18H36N4. The molecule has 1 heterocycles. The molecule has 1 rings (SSSR count). The van der Waals surface area contributed by atoms with Crippen LogP contribution < -0.4 is 5.32 Å². The molecule has 0 aliphatic carbocycles. The average Bonchev–Trinajstić information content (AvgIpc) is 3.03. The van der Waals surface area contributed by atoms with E-state index in [9.17, 15) is 0 Å². The van der Waals surface area contributed by atoms with Gasteiger partial charge in [-0.3, -0.25) is 4.99 Å². The highest BCUT2D eigenvalue weighted by molar-refractivity contribution is 5.79. The minimum atomic E-state index is 1.03. The van der Waals surface area contributed by atoms with E-state index in [1.807, 2.05) is 13.1 Å². The third-order valence-corrected chi connectivity index (χ3v) is 4.36. The van der Waals surface area contributed by atoms with E-state index in [2.05, 4.69) is 33.7 Å². The van der Waals surface area contributed by atoms with Gasteiger partial charge in [0.15, 0.2) is 5.96 Å². The molecule has 0 aromatic carbocycles. The van der Waals surface area contributed by atoms with Crippen molar-refractivity contribution in [3.8, 4) is 0 Å². The summed E-state index contributed by atoms with van der Waals surface area (Å²) in [6, 6.07) is 0. The molecule has 1 saturated heterocycles. The van der Waals surface area contributed by atoms with Crippen molar-refractivity contribution in [1.82, 2.24) is 15.1 Å². The standard InChI is InChI=1S/C18H36N4/c1-4-5-6-7-9-14-21(3)18(19-2)20-13-8-10-15-22-16-11-12-17-22/h4H,1,5-17H2,2-3H3,(H,19,20). The van der Waals surface area contributed by atoms with Gasteiger partial charge in [0.2, 0.25) is 0 Å². The molecule has 0 radical (unpaired) electrons. The van der Waals surface area contributed by atoms with Gasteiger partial charge in [-0.2, -0.15) is 0 Å². The van der Waals surface area contributed by atoms with Crippen LogP contribution in [0, 0.1) is 0 Å². The summed E-state index contributed by atoms with van der Waals surface area (Å²) < 4.78 is 0. The first-order valence-corrected chi connectivity index (χ1v) is 9.03. The Hall–Kier alpha value is -1.03. The minimum absolute atomic E-state index is 1.03. The zero-order chi connectivity index (χ0) is 16.0. The second-order valence-corrected chi connectivity index (χ2v) is 6.29. The zero-order valence-electron chi connectivity index (χ0n) is 14.8. The molecule has 1 aliphatic rings. The van der Waals surface area contributed by atoms with Crippen LogP contribution >= 0.6 is 0 Å². The van der Waals surface area contributed by atoms with Crippen LogP contribution in [0.5, 0.6) is 0 Å². The van der Waals surface area contributed by atoms with Gasteiger partial charge in [0.1, 0.15) is 0 Å². The summed E-state index contributed by atoms with van der Waals surface area (Å²) in [5.74, 6) is 1.03. The van der Waals surface area contributed by atoms with Gasteiger partial charge in [0.25, 0.3) is 0 Å². The number of guanidine groups is 1. The molecule has 128 valence electrons. The maximum atomic E-state index is 4.38. The number of hydrogen-bond acceptors (Lipinski definition) is 2. The van der Waals surface area contributed by atoms with E-state index < -0.39 is 0 Å². The second kappa shape index (κ2) is 12.5. The second-order valence-electron chi connectivity index (χ2n) is 6.29. The van der Waals surface area contributed by atoms with E-state index in [-0.39, 0.29) is 0 Å². The van der Waals surface area contributed by atoms with Gasteiger partial charge in [-0.25, -0.2) is 0 Å². The van der Waals surface area contributed by atoms with Crippen LogP contribution in [0.3, 0.4) is 0 Å². The number of likely N-dealkylation sites (tertiary alicyclic amines) is 1. The summed E-state index contributed by atoms with van der Waals surface area (Å²) >= 11 is 0. The normalized spacial score (nSPS) is 16.0. The van der Waals surface area contributed by atoms with Crippen molar-refractivity contribution in [2.24, 2.45) is 4.99 Å². The third kappa shape index (κ3) is 8.42. The lowest BCUT2D eigenvalue weighted by Gasteiger charge is -2.22. The molecule has 0 saturated carbocycles. The Bertz CT molecular complexity index is 308. The van der Waals surface area contributed by atoms with Crippen LogP contribution in [0.4, 0.5) is 0 Å². The summed E-state index contributed by atoms with van der Waals surface area (Å²) in [7, 11) is 4.01. The zero-order valence-corrected chi connectivity index (χ0v) is 14.8. The van der Waals surface area contributed by atoms with Crippen molar-refractivity contribution in [2.75, 3.05) is 46.8 Å². The number of nitrogens with zero attached hydrogens (tertiary/aromatic N) is 3. The highest BCUT2D eigenvalue weighted by Gasteiger charge is 2.10. The predicted molar refractivity (Wildman–Crippen MR) is 97.6 cm³/mol. The predicted octanol–water partition coefficient (Wildman–Crippen LogP) is 3.12. The van der Waals surface area contributed by atoms with Crippen molar-refractivity contribution in [3.63, 3.8) is 0 Å². The van der Waals surface area contributed by atoms with E-state index >= 15 is 0 Å². The summed E-state index contributed by atoms with van der Waals surface area (Å²) in [5.41, 5.74) is 0. The number of aliphatic imine (C=N–C) groups is 1. The number of hydrogen-bond donors (Lipinski definition) is 1. The Morgan fingerprint density at radius 2 is 1.95 bits per heavy atom. The average molecular weight is 309 g/mol. The van der Waals surface area contributed by atoms with Crippen molar-refractivity contribution >= 4 is 5.96 Å². The number of unbranched alkanes of at least 4 members (excludes halogenated alkanes) is 4. The maximum absolute atomic E-state index is 4.38. The van der Waals surface area contributed by atoms with Gasteiger partial charge in [-0.15, -0.1) is 6.58 Å². The van der Waals surface area contributed by atoms with Crippen molar-refractivity contribution in [1.29, 1.82) is 0 Å². The third-order valence-electron chi connectivity index (χ3n) is 4.36. The van der Waals surface area contributed by atoms with Crippen LogP contribution in [0.25, 0.3) is 0 Å². The molecule has 0 aromatic heterocycles. The lowest BCUT2D eigenvalue weighted by atomic mass is 10.2. The Morgan fingerprint density at radius 1 is 1.18 bits per heavy atom. The Balaban J connectivity index is 2.03. The van der Waals surface area contributed by atoms with Crippen LogP contribution in [0.2, 0.25) is 0 Å². The summed E-state index contributed by atoms with van der Waals surface area (Å²) in [4.78, 5) is 9.21. The van der Waals surface area contributed by atoms with E-state index in [4.69, 9.17) is 0 Å². The molecule has 0 aromatic rings. The van der Waals surface area contributed by atoms with Crippen LogP contribution in [0.1, 0.15) is 51.4 Å². The van der Waals surface area contributed by atoms with Crippen molar-refractivity contribution < 1.29 is 0 Å². The lowest BCUT2D eigenvalue weighted by Crippen LogP contribution is -2.39. The smallest absolute Gasteiger partial charge is 0.193 e. The van der Waals surface area contributed by atoms with Crippen LogP contribution in [-0.4, -0.2) is 62.6 Å². The van der Waals surface area contributed by atoms with Crippen LogP contribution in [-0.2, 0) is 0 Å². The van der Waals surface area contributed by atoms with Gasteiger partial charge in [-0.05, 0) is 64.6 Å². The molecule has 0 bridgehead atoms. The first kappa shape index (κ1) is 19.0. The highest BCUT2D eigenvalue weighted by Crippen LogP contribution is 2.08. The Labute approximate surface area is 137 Å². The molecule has 0 amide bonds. The Morgan fingerprint density at radius 3 is 2.64 bits per heavy atom. The molecule has 22 heavy (non-hydrogen) atoms. The molecule has 0 unspecified atom stereocenters. The number of allylic oxidation sites excluding steroid dienone is 1. The molecule has 0 spiro atoms. The SMILES string of the molecule is C=CCCCCCN(C)C(=NC)NCCCCN1CCCC1. The largest absolute Gasteiger partial charge is 0.356 e.